The molecule has 0 atom stereocenters. The van der Waals surface area contributed by atoms with Gasteiger partial charge in [-0.1, -0.05) is 60.4 Å². The smallest absolute Gasteiger partial charge is 0.0710 e. The predicted molar refractivity (Wildman–Crippen MR) is 89.2 cm³/mol. The lowest BCUT2D eigenvalue weighted by molar-refractivity contribution is 1.18. The van der Waals surface area contributed by atoms with Crippen LogP contribution in [0.1, 0.15) is 40.5 Å². The molecule has 2 saturated heterocycles. The van der Waals surface area contributed by atoms with Crippen LogP contribution < -0.4 is 0 Å². The Hall–Kier alpha value is -0.823. The summed E-state index contributed by atoms with van der Waals surface area (Å²) in [6.45, 7) is 8.98. The van der Waals surface area contributed by atoms with Crippen LogP contribution in [0.4, 0.5) is 0 Å². The third kappa shape index (κ3) is 2.86. The standard InChI is InChI=1S/C18H28Si/c1-5-9-17-13-19(11-15(17)7-3)12-16(8-4)18(14-19)10-6-2/h7-10H,5-6,11-14H2,1-4H3. The van der Waals surface area contributed by atoms with Crippen molar-refractivity contribution in [2.75, 3.05) is 0 Å². The van der Waals surface area contributed by atoms with E-state index in [0.717, 1.165) is 0 Å². The average molecular weight is 273 g/mol. The van der Waals surface area contributed by atoms with Crippen LogP contribution in [0, 0.1) is 0 Å². The lowest BCUT2D eigenvalue weighted by atomic mass is 10.1. The number of hydrogen-bond donors (Lipinski definition) is 0. The van der Waals surface area contributed by atoms with Gasteiger partial charge in [0, 0.05) is 0 Å². The van der Waals surface area contributed by atoms with Gasteiger partial charge in [0.2, 0.25) is 0 Å². The van der Waals surface area contributed by atoms with Gasteiger partial charge in [-0.3, -0.25) is 0 Å². The topological polar surface area (TPSA) is 0 Å². The quantitative estimate of drug-likeness (QED) is 0.539. The Morgan fingerprint density at radius 1 is 0.737 bits per heavy atom. The molecule has 0 N–H and O–H groups in total. The van der Waals surface area contributed by atoms with E-state index < -0.39 is 8.07 Å². The van der Waals surface area contributed by atoms with Crippen LogP contribution in [0.5, 0.6) is 0 Å². The molecular weight excluding hydrogens is 244 g/mol. The summed E-state index contributed by atoms with van der Waals surface area (Å²) in [5, 5.41) is 0. The van der Waals surface area contributed by atoms with E-state index in [1.54, 1.807) is 22.3 Å². The zero-order valence-corrected chi connectivity index (χ0v) is 14.1. The molecule has 19 heavy (non-hydrogen) atoms. The molecule has 0 aromatic rings. The highest BCUT2D eigenvalue weighted by Crippen LogP contribution is 2.52. The summed E-state index contributed by atoms with van der Waals surface area (Å²) in [6.07, 6.45) is 12.1. The molecular formula is C18H28Si. The van der Waals surface area contributed by atoms with Crippen LogP contribution in [-0.4, -0.2) is 8.07 Å². The highest BCUT2D eigenvalue weighted by atomic mass is 28.3. The van der Waals surface area contributed by atoms with Crippen LogP contribution in [0.15, 0.2) is 46.6 Å². The summed E-state index contributed by atoms with van der Waals surface area (Å²) in [5.74, 6) is 0. The van der Waals surface area contributed by atoms with Crippen molar-refractivity contribution in [1.82, 2.24) is 0 Å². The first kappa shape index (κ1) is 14.6. The summed E-state index contributed by atoms with van der Waals surface area (Å²) >= 11 is 0. The monoisotopic (exact) mass is 272 g/mol. The van der Waals surface area contributed by atoms with E-state index in [9.17, 15) is 0 Å². The van der Waals surface area contributed by atoms with Crippen molar-refractivity contribution in [3.63, 3.8) is 0 Å². The molecule has 2 fully saturated rings. The van der Waals surface area contributed by atoms with Crippen molar-refractivity contribution in [2.45, 2.75) is 64.7 Å². The second-order valence-electron chi connectivity index (χ2n) is 6.11. The molecule has 0 aromatic carbocycles. The maximum Gasteiger partial charge on any atom is 0.0710 e. The third-order valence-electron chi connectivity index (χ3n) is 4.68. The van der Waals surface area contributed by atoms with Gasteiger partial charge in [0.15, 0.2) is 0 Å². The lowest BCUT2D eigenvalue weighted by Crippen LogP contribution is -2.25. The van der Waals surface area contributed by atoms with Crippen LogP contribution >= 0.6 is 0 Å². The highest BCUT2D eigenvalue weighted by Gasteiger charge is 2.45. The maximum absolute atomic E-state index is 2.48. The fourth-order valence-electron chi connectivity index (χ4n) is 3.92. The lowest BCUT2D eigenvalue weighted by Gasteiger charge is -2.17. The molecule has 2 aliphatic rings. The van der Waals surface area contributed by atoms with Gasteiger partial charge in [-0.05, 0) is 50.9 Å². The Morgan fingerprint density at radius 3 is 1.42 bits per heavy atom. The van der Waals surface area contributed by atoms with Gasteiger partial charge in [-0.25, -0.2) is 0 Å². The van der Waals surface area contributed by atoms with Crippen LogP contribution in [-0.2, 0) is 0 Å². The third-order valence-corrected chi connectivity index (χ3v) is 9.21. The molecule has 104 valence electrons. The van der Waals surface area contributed by atoms with E-state index in [0.29, 0.717) is 0 Å². The van der Waals surface area contributed by atoms with Crippen molar-refractivity contribution in [2.24, 2.45) is 0 Å². The minimum Gasteiger partial charge on any atom is -0.0845 e. The minimum absolute atomic E-state index is 1.11. The largest absolute Gasteiger partial charge is 0.0845 e. The molecule has 2 aliphatic heterocycles. The summed E-state index contributed by atoms with van der Waals surface area (Å²) < 4.78 is 0. The first-order valence-corrected chi connectivity index (χ1v) is 10.7. The molecule has 0 aliphatic carbocycles. The molecule has 2 rings (SSSR count). The second kappa shape index (κ2) is 6.09. The van der Waals surface area contributed by atoms with Crippen molar-refractivity contribution in [1.29, 1.82) is 0 Å². The summed E-state index contributed by atoms with van der Waals surface area (Å²) in [7, 11) is -1.11. The Bertz CT molecular complexity index is 416. The SMILES string of the molecule is CC=C1C[Si]2(CC(=CC)C(=CCC)C2)CC1=CCC. The van der Waals surface area contributed by atoms with Crippen molar-refractivity contribution in [3.05, 3.63) is 46.6 Å². The molecule has 0 bridgehead atoms. The van der Waals surface area contributed by atoms with Crippen LogP contribution in [0.3, 0.4) is 0 Å². The normalized spacial score (nSPS) is 35.6. The van der Waals surface area contributed by atoms with Gasteiger partial charge in [0.05, 0.1) is 8.07 Å². The van der Waals surface area contributed by atoms with Crippen LogP contribution in [0.2, 0.25) is 24.2 Å². The summed E-state index contributed by atoms with van der Waals surface area (Å²) in [4.78, 5) is 0. The van der Waals surface area contributed by atoms with Gasteiger partial charge < -0.3 is 0 Å². The highest BCUT2D eigenvalue weighted by molar-refractivity contribution is 6.84. The molecule has 2 heterocycles. The molecule has 0 nitrogen and oxygen atoms in total. The maximum atomic E-state index is 2.48. The number of allylic oxidation sites excluding steroid dienone is 8. The van der Waals surface area contributed by atoms with Gasteiger partial charge in [0.25, 0.3) is 0 Å². The van der Waals surface area contributed by atoms with E-state index in [-0.39, 0.29) is 0 Å². The van der Waals surface area contributed by atoms with Crippen molar-refractivity contribution >= 4 is 8.07 Å². The fraction of sp³-hybridized carbons (Fsp3) is 0.556. The van der Waals surface area contributed by atoms with E-state index in [1.165, 1.54) is 37.0 Å². The summed E-state index contributed by atoms with van der Waals surface area (Å²) in [5.41, 5.74) is 6.71. The Labute approximate surface area is 120 Å². The molecule has 1 heteroatoms. The van der Waals surface area contributed by atoms with Crippen molar-refractivity contribution < 1.29 is 0 Å². The molecule has 0 saturated carbocycles. The van der Waals surface area contributed by atoms with Gasteiger partial charge in [0.1, 0.15) is 0 Å². The van der Waals surface area contributed by atoms with E-state index >= 15 is 0 Å². The zero-order chi connectivity index (χ0) is 13.9. The van der Waals surface area contributed by atoms with Gasteiger partial charge >= 0.3 is 0 Å². The van der Waals surface area contributed by atoms with E-state index in [1.807, 2.05) is 0 Å². The number of hydrogen-bond acceptors (Lipinski definition) is 0. The Kier molecular flexibility index (Phi) is 4.67. The van der Waals surface area contributed by atoms with Crippen molar-refractivity contribution in [3.8, 4) is 0 Å². The molecule has 0 aromatic heterocycles. The number of rotatable bonds is 2. The average Bonchev–Trinajstić information content (AvgIpc) is 2.91. The van der Waals surface area contributed by atoms with E-state index in [4.69, 9.17) is 0 Å². The first-order chi connectivity index (χ1) is 9.18. The fourth-order valence-corrected chi connectivity index (χ4v) is 9.51. The van der Waals surface area contributed by atoms with Gasteiger partial charge in [-0.15, -0.1) is 0 Å². The molecule has 0 unspecified atom stereocenters. The molecule has 0 radical (unpaired) electrons. The zero-order valence-electron chi connectivity index (χ0n) is 13.1. The Morgan fingerprint density at radius 2 is 1.11 bits per heavy atom. The predicted octanol–water partition coefficient (Wildman–Crippen LogP) is 6.03. The van der Waals surface area contributed by atoms with Gasteiger partial charge in [-0.2, -0.15) is 0 Å². The summed E-state index contributed by atoms with van der Waals surface area (Å²) in [6, 6.07) is 5.71. The molecule has 0 amide bonds. The first-order valence-electron chi connectivity index (χ1n) is 7.87. The van der Waals surface area contributed by atoms with Crippen LogP contribution in [0.25, 0.3) is 0 Å². The molecule has 1 spiro atoms. The Balaban J connectivity index is 2.28. The minimum atomic E-state index is -1.11. The second-order valence-corrected chi connectivity index (χ2v) is 10.5. The van der Waals surface area contributed by atoms with E-state index in [2.05, 4.69) is 52.0 Å².